The van der Waals surface area contributed by atoms with Crippen LogP contribution in [0.5, 0.6) is 5.75 Å². The van der Waals surface area contributed by atoms with Crippen LogP contribution in [0.25, 0.3) is 22.4 Å². The van der Waals surface area contributed by atoms with Crippen molar-refractivity contribution < 1.29 is 14.7 Å². The van der Waals surface area contributed by atoms with Crippen molar-refractivity contribution in [2.75, 3.05) is 29.9 Å². The number of rotatable bonds is 9. The third-order valence-electron chi connectivity index (χ3n) is 6.93. The third-order valence-corrected chi connectivity index (χ3v) is 6.93. The smallest absolute Gasteiger partial charge is 0.277 e. The zero-order chi connectivity index (χ0) is 28.2. The first-order valence-electron chi connectivity index (χ1n) is 13.4. The average Bonchev–Trinajstić information content (AvgIpc) is 3.29. The van der Waals surface area contributed by atoms with Crippen LogP contribution in [0.3, 0.4) is 0 Å². The van der Waals surface area contributed by atoms with E-state index >= 15 is 0 Å². The summed E-state index contributed by atoms with van der Waals surface area (Å²) in [5.41, 5.74) is 5.01. The Hall–Kier alpha value is -4.52. The van der Waals surface area contributed by atoms with E-state index in [0.717, 1.165) is 50.2 Å². The second kappa shape index (κ2) is 11.7. The van der Waals surface area contributed by atoms with Gasteiger partial charge in [0.2, 0.25) is 5.95 Å². The number of carbonyl (C=O) groups is 1. The van der Waals surface area contributed by atoms with Crippen molar-refractivity contribution in [2.45, 2.75) is 45.6 Å². The highest BCUT2D eigenvalue weighted by molar-refractivity contribution is 5.92. The van der Waals surface area contributed by atoms with Gasteiger partial charge in [-0.1, -0.05) is 13.3 Å². The van der Waals surface area contributed by atoms with Gasteiger partial charge in [0, 0.05) is 44.3 Å². The number of carbonyl (C=O) groups excluding carboxylic acids is 1. The summed E-state index contributed by atoms with van der Waals surface area (Å²) < 4.78 is 7.49. The predicted molar refractivity (Wildman–Crippen MR) is 150 cm³/mol. The monoisotopic (exact) mass is 547 g/mol. The number of aromatic nitrogens is 6. The van der Waals surface area contributed by atoms with Crippen molar-refractivity contribution in [3.63, 3.8) is 0 Å². The van der Waals surface area contributed by atoms with Crippen LogP contribution in [0.4, 0.5) is 11.6 Å². The third kappa shape index (κ3) is 5.45. The van der Waals surface area contributed by atoms with E-state index in [2.05, 4.69) is 37.2 Å². The number of hydroxylamine groups is 1. The van der Waals surface area contributed by atoms with Crippen LogP contribution in [0.15, 0.2) is 35.4 Å². The Morgan fingerprint density at radius 2 is 1.95 bits per heavy atom. The first-order chi connectivity index (χ1) is 19.4. The molecule has 1 aliphatic rings. The molecule has 13 heteroatoms. The molecule has 0 bridgehead atoms. The summed E-state index contributed by atoms with van der Waals surface area (Å²) >= 11 is 0. The van der Waals surface area contributed by atoms with E-state index in [4.69, 9.17) is 14.9 Å². The van der Waals surface area contributed by atoms with Gasteiger partial charge < -0.3 is 19.9 Å². The number of aryl methyl sites for hydroxylation is 2. The quantitative estimate of drug-likeness (QED) is 0.181. The Morgan fingerprint density at radius 3 is 2.62 bits per heavy atom. The molecule has 3 aromatic heterocycles. The van der Waals surface area contributed by atoms with Crippen LogP contribution < -0.4 is 26.0 Å². The molecule has 4 aromatic rings. The van der Waals surface area contributed by atoms with Gasteiger partial charge in [-0.2, -0.15) is 5.10 Å². The van der Waals surface area contributed by atoms with E-state index in [0.29, 0.717) is 40.7 Å². The SMILES string of the molecule is CCCc1nn(C)c2c(=O)[nH]c(-c3cc(NC4CCN(c5ncc(C(=O)NO)cn5)CC4)ccc3OCC)nc12. The second-order valence-electron chi connectivity index (χ2n) is 9.69. The van der Waals surface area contributed by atoms with Crippen molar-refractivity contribution in [2.24, 2.45) is 7.05 Å². The van der Waals surface area contributed by atoms with Crippen LogP contribution in [0, 0.1) is 0 Å². The van der Waals surface area contributed by atoms with Gasteiger partial charge in [0.25, 0.3) is 11.5 Å². The highest BCUT2D eigenvalue weighted by atomic mass is 16.5. The molecule has 0 spiro atoms. The number of H-pyrrole nitrogens is 1. The minimum absolute atomic E-state index is 0.189. The lowest BCUT2D eigenvalue weighted by atomic mass is 10.0. The molecule has 1 amide bonds. The van der Waals surface area contributed by atoms with Gasteiger partial charge in [-0.3, -0.25) is 19.5 Å². The summed E-state index contributed by atoms with van der Waals surface area (Å²) in [7, 11) is 1.76. The van der Waals surface area contributed by atoms with E-state index in [1.165, 1.54) is 12.4 Å². The molecule has 0 atom stereocenters. The van der Waals surface area contributed by atoms with Gasteiger partial charge in [-0.15, -0.1) is 0 Å². The molecule has 1 aromatic carbocycles. The molecule has 210 valence electrons. The van der Waals surface area contributed by atoms with Crippen LogP contribution in [0.1, 0.15) is 49.2 Å². The fourth-order valence-corrected chi connectivity index (χ4v) is 4.99. The van der Waals surface area contributed by atoms with Crippen molar-refractivity contribution in [1.82, 2.24) is 35.2 Å². The Morgan fingerprint density at radius 1 is 1.20 bits per heavy atom. The largest absolute Gasteiger partial charge is 0.493 e. The van der Waals surface area contributed by atoms with Gasteiger partial charge in [0.05, 0.1) is 23.4 Å². The molecule has 0 aliphatic carbocycles. The summed E-state index contributed by atoms with van der Waals surface area (Å²) in [5.74, 6) is 0.979. The zero-order valence-corrected chi connectivity index (χ0v) is 22.8. The standard InChI is InChI=1S/C27H33N9O4/c1-4-6-20-22-23(35(3)33-20)26(38)32-24(31-22)19-13-18(7-8-21(19)40-5-2)30-17-9-11-36(12-10-17)27-28-14-16(15-29-27)25(37)34-39/h7-8,13-15,17,30,39H,4-6,9-12H2,1-3H3,(H,34,37)(H,31,32,38). The lowest BCUT2D eigenvalue weighted by Crippen LogP contribution is -2.40. The summed E-state index contributed by atoms with van der Waals surface area (Å²) in [4.78, 5) is 42.9. The van der Waals surface area contributed by atoms with E-state index in [-0.39, 0.29) is 17.2 Å². The molecule has 13 nitrogen and oxygen atoms in total. The first-order valence-corrected chi connectivity index (χ1v) is 13.4. The number of anilines is 2. The molecule has 4 heterocycles. The van der Waals surface area contributed by atoms with Gasteiger partial charge in [0.15, 0.2) is 5.52 Å². The maximum atomic E-state index is 13.0. The highest BCUT2D eigenvalue weighted by Gasteiger charge is 2.23. The average molecular weight is 548 g/mol. The molecule has 0 radical (unpaired) electrons. The fourth-order valence-electron chi connectivity index (χ4n) is 4.99. The molecule has 1 saturated heterocycles. The molecule has 0 unspecified atom stereocenters. The summed E-state index contributed by atoms with van der Waals surface area (Å²) in [6.45, 7) is 5.94. The normalized spacial score (nSPS) is 13.9. The van der Waals surface area contributed by atoms with Crippen LogP contribution in [0.2, 0.25) is 0 Å². The number of fused-ring (bicyclic) bond motifs is 1. The number of nitrogens with zero attached hydrogens (tertiary/aromatic N) is 6. The van der Waals surface area contributed by atoms with Crippen molar-refractivity contribution in [3.05, 3.63) is 52.2 Å². The van der Waals surface area contributed by atoms with Gasteiger partial charge in [-0.25, -0.2) is 20.4 Å². The minimum atomic E-state index is -0.648. The van der Waals surface area contributed by atoms with Crippen molar-refractivity contribution in [1.29, 1.82) is 0 Å². The molecule has 40 heavy (non-hydrogen) atoms. The topological polar surface area (TPSA) is 163 Å². The number of hydrogen-bond acceptors (Lipinski definition) is 10. The number of piperidine rings is 1. The molecular weight excluding hydrogens is 514 g/mol. The van der Waals surface area contributed by atoms with Gasteiger partial charge >= 0.3 is 0 Å². The molecule has 5 rings (SSSR count). The molecule has 1 aliphatic heterocycles. The Labute approximate surface area is 230 Å². The number of benzene rings is 1. The van der Waals surface area contributed by atoms with Crippen LogP contribution in [-0.4, -0.2) is 66.6 Å². The maximum absolute atomic E-state index is 13.0. The Bertz CT molecular complexity index is 1560. The lowest BCUT2D eigenvalue weighted by Gasteiger charge is -2.33. The zero-order valence-electron chi connectivity index (χ0n) is 22.8. The van der Waals surface area contributed by atoms with E-state index in [1.807, 2.05) is 25.1 Å². The number of hydrogen-bond donors (Lipinski definition) is 4. The van der Waals surface area contributed by atoms with E-state index in [1.54, 1.807) is 17.2 Å². The van der Waals surface area contributed by atoms with Gasteiger partial charge in [-0.05, 0) is 44.4 Å². The summed E-state index contributed by atoms with van der Waals surface area (Å²) in [5, 5.41) is 16.9. The Balaban J connectivity index is 1.35. The molecular formula is C27H33N9O4. The molecule has 4 N–H and O–H groups in total. The number of nitrogens with one attached hydrogen (secondary N) is 3. The van der Waals surface area contributed by atoms with Crippen molar-refractivity contribution in [3.8, 4) is 17.1 Å². The number of amides is 1. The van der Waals surface area contributed by atoms with Crippen molar-refractivity contribution >= 4 is 28.6 Å². The molecule has 1 fully saturated rings. The first kappa shape index (κ1) is 27.1. The summed E-state index contributed by atoms with van der Waals surface area (Å²) in [6, 6.07) is 6.04. The van der Waals surface area contributed by atoms with E-state index < -0.39 is 5.91 Å². The maximum Gasteiger partial charge on any atom is 0.277 e. The number of aromatic amines is 1. The predicted octanol–water partition coefficient (Wildman–Crippen LogP) is 2.66. The number of ether oxygens (including phenoxy) is 1. The van der Waals surface area contributed by atoms with Gasteiger partial charge in [0.1, 0.15) is 17.1 Å². The van der Waals surface area contributed by atoms with E-state index in [9.17, 15) is 9.59 Å². The second-order valence-corrected chi connectivity index (χ2v) is 9.69. The minimum Gasteiger partial charge on any atom is -0.493 e. The fraction of sp³-hybridized carbons (Fsp3) is 0.407. The lowest BCUT2D eigenvalue weighted by molar-refractivity contribution is 0.0705. The van der Waals surface area contributed by atoms with Crippen LogP contribution >= 0.6 is 0 Å². The highest BCUT2D eigenvalue weighted by Crippen LogP contribution is 2.32. The van der Waals surface area contributed by atoms with Crippen LogP contribution in [-0.2, 0) is 13.5 Å². The summed E-state index contributed by atoms with van der Waals surface area (Å²) in [6.07, 6.45) is 6.12. The molecule has 0 saturated carbocycles. The Kier molecular flexibility index (Phi) is 7.91.